The van der Waals surface area contributed by atoms with Gasteiger partial charge >= 0.3 is 0 Å². The predicted octanol–water partition coefficient (Wildman–Crippen LogP) is 1.67. The van der Waals surface area contributed by atoms with E-state index in [2.05, 4.69) is 10.6 Å². The third-order valence-electron chi connectivity index (χ3n) is 5.14. The number of hydrogen-bond donors (Lipinski definition) is 3. The molecule has 0 radical (unpaired) electrons. The summed E-state index contributed by atoms with van der Waals surface area (Å²) in [7, 11) is 1.83. The van der Waals surface area contributed by atoms with Gasteiger partial charge in [0.05, 0.1) is 13.1 Å². The molecule has 30 heavy (non-hydrogen) atoms. The van der Waals surface area contributed by atoms with Crippen molar-refractivity contribution in [3.63, 3.8) is 0 Å². The van der Waals surface area contributed by atoms with E-state index in [-0.39, 0.29) is 37.7 Å². The highest BCUT2D eigenvalue weighted by Crippen LogP contribution is 2.34. The number of hydrogen-bond acceptors (Lipinski definition) is 4. The Morgan fingerprint density at radius 3 is 2.33 bits per heavy atom. The first-order valence-corrected chi connectivity index (χ1v) is 10.1. The summed E-state index contributed by atoms with van der Waals surface area (Å²) in [5.41, 5.74) is 5.02. The molecule has 7 nitrogen and oxygen atoms in total. The monoisotopic (exact) mass is 412 g/mol. The molecule has 2 amide bonds. The van der Waals surface area contributed by atoms with Gasteiger partial charge in [-0.05, 0) is 56.5 Å². The van der Waals surface area contributed by atoms with E-state index in [1.165, 1.54) is 5.56 Å². The normalized spacial score (nSPS) is 14.2. The second-order valence-electron chi connectivity index (χ2n) is 8.03. The Bertz CT molecular complexity index is 934. The Hall–Kier alpha value is -3.06. The number of carbonyl (C=O) groups is 2. The fraction of sp³-hybridized carbons (Fsp3) is 0.391. The van der Waals surface area contributed by atoms with Crippen LogP contribution in [0.1, 0.15) is 35.2 Å². The molecule has 7 heteroatoms. The van der Waals surface area contributed by atoms with Crippen molar-refractivity contribution in [3.8, 4) is 11.5 Å². The highest BCUT2D eigenvalue weighted by Gasteiger charge is 2.19. The average molecular weight is 413 g/mol. The minimum Gasteiger partial charge on any atom is -0.454 e. The Labute approximate surface area is 177 Å². The minimum absolute atomic E-state index is 0.112. The summed E-state index contributed by atoms with van der Waals surface area (Å²) in [5, 5.41) is 5.96. The SMILES string of the molecule is Cc1cc(C)c(NC(=O)C[NH+](C)CC(=O)N[C@@H](C)c2ccc3c(c2)OCO3)c(C)c1. The molecule has 1 unspecified atom stereocenters. The smallest absolute Gasteiger partial charge is 0.279 e. The first kappa shape index (κ1) is 21.6. The van der Waals surface area contributed by atoms with Crippen molar-refractivity contribution in [2.45, 2.75) is 33.7 Å². The summed E-state index contributed by atoms with van der Waals surface area (Å²) < 4.78 is 10.7. The molecule has 0 fully saturated rings. The average Bonchev–Trinajstić information content (AvgIpc) is 3.12. The van der Waals surface area contributed by atoms with Crippen LogP contribution in [0.15, 0.2) is 30.3 Å². The number of anilines is 1. The molecule has 1 aliphatic heterocycles. The first-order valence-electron chi connectivity index (χ1n) is 10.1. The minimum atomic E-state index is -0.175. The number of fused-ring (bicyclic) bond motifs is 1. The lowest BCUT2D eigenvalue weighted by atomic mass is 10.1. The van der Waals surface area contributed by atoms with Gasteiger partial charge in [-0.1, -0.05) is 23.8 Å². The second kappa shape index (κ2) is 9.17. The van der Waals surface area contributed by atoms with Gasteiger partial charge in [0.15, 0.2) is 24.6 Å². The van der Waals surface area contributed by atoms with E-state index < -0.39 is 0 Å². The van der Waals surface area contributed by atoms with E-state index in [1.54, 1.807) is 0 Å². The number of likely N-dealkylation sites (N-methyl/N-ethyl adjacent to an activating group) is 1. The Morgan fingerprint density at radius 1 is 1.00 bits per heavy atom. The van der Waals surface area contributed by atoms with Crippen LogP contribution < -0.4 is 25.0 Å². The van der Waals surface area contributed by atoms with Crippen molar-refractivity contribution in [2.24, 2.45) is 0 Å². The number of rotatable bonds is 7. The molecule has 3 N–H and O–H groups in total. The summed E-state index contributed by atoms with van der Waals surface area (Å²) in [6.07, 6.45) is 0. The first-order chi connectivity index (χ1) is 14.2. The predicted molar refractivity (Wildman–Crippen MR) is 115 cm³/mol. The number of benzene rings is 2. The van der Waals surface area contributed by atoms with Crippen LogP contribution in [0.4, 0.5) is 5.69 Å². The van der Waals surface area contributed by atoms with Crippen LogP contribution in [0, 0.1) is 20.8 Å². The fourth-order valence-corrected chi connectivity index (χ4v) is 3.73. The van der Waals surface area contributed by atoms with Gasteiger partial charge in [-0.2, -0.15) is 0 Å². The molecule has 3 rings (SSSR count). The zero-order valence-electron chi connectivity index (χ0n) is 18.2. The fourth-order valence-electron chi connectivity index (χ4n) is 3.73. The van der Waals surface area contributed by atoms with Crippen LogP contribution in [0.3, 0.4) is 0 Å². The molecule has 1 heterocycles. The quantitative estimate of drug-likeness (QED) is 0.646. The van der Waals surface area contributed by atoms with Gasteiger partial charge in [-0.3, -0.25) is 9.59 Å². The molecule has 0 spiro atoms. The molecule has 0 saturated carbocycles. The van der Waals surface area contributed by atoms with Crippen molar-refractivity contribution in [2.75, 3.05) is 32.2 Å². The van der Waals surface area contributed by atoms with Gasteiger partial charge in [0.1, 0.15) is 0 Å². The number of ether oxygens (including phenoxy) is 2. The zero-order chi connectivity index (χ0) is 21.8. The molecule has 0 saturated heterocycles. The van der Waals surface area contributed by atoms with E-state index in [1.807, 2.05) is 65.1 Å². The maximum absolute atomic E-state index is 12.5. The lowest BCUT2D eigenvalue weighted by Crippen LogP contribution is -3.11. The van der Waals surface area contributed by atoms with E-state index in [0.29, 0.717) is 11.5 Å². The summed E-state index contributed by atoms with van der Waals surface area (Å²) in [6, 6.07) is 9.55. The van der Waals surface area contributed by atoms with Crippen LogP contribution in [0.2, 0.25) is 0 Å². The Balaban J connectivity index is 1.50. The molecule has 0 aliphatic carbocycles. The summed E-state index contributed by atoms with van der Waals surface area (Å²) in [5.74, 6) is 1.17. The third-order valence-corrected chi connectivity index (χ3v) is 5.14. The van der Waals surface area contributed by atoms with Crippen molar-refractivity contribution in [1.29, 1.82) is 0 Å². The third kappa shape index (κ3) is 5.30. The van der Waals surface area contributed by atoms with E-state index in [4.69, 9.17) is 9.47 Å². The maximum atomic E-state index is 12.5. The summed E-state index contributed by atoms with van der Waals surface area (Å²) in [6.45, 7) is 8.55. The zero-order valence-corrected chi connectivity index (χ0v) is 18.2. The Morgan fingerprint density at radius 2 is 1.63 bits per heavy atom. The lowest BCUT2D eigenvalue weighted by Gasteiger charge is -2.18. The Kier molecular flexibility index (Phi) is 6.62. The topological polar surface area (TPSA) is 81.1 Å². The maximum Gasteiger partial charge on any atom is 0.279 e. The molecular formula is C23H30N3O4+. The summed E-state index contributed by atoms with van der Waals surface area (Å²) >= 11 is 0. The molecule has 160 valence electrons. The van der Waals surface area contributed by atoms with E-state index in [9.17, 15) is 9.59 Å². The van der Waals surface area contributed by atoms with Crippen LogP contribution in [0.25, 0.3) is 0 Å². The van der Waals surface area contributed by atoms with Gasteiger partial charge < -0.3 is 25.0 Å². The molecule has 2 aromatic rings. The molecule has 2 aromatic carbocycles. The second-order valence-corrected chi connectivity index (χ2v) is 8.03. The van der Waals surface area contributed by atoms with Crippen molar-refractivity contribution >= 4 is 17.5 Å². The number of aryl methyl sites for hydroxylation is 3. The van der Waals surface area contributed by atoms with Gasteiger partial charge in [0.2, 0.25) is 6.79 Å². The molecule has 1 aliphatic rings. The van der Waals surface area contributed by atoms with Crippen molar-refractivity contribution in [1.82, 2.24) is 5.32 Å². The molecule has 0 bridgehead atoms. The van der Waals surface area contributed by atoms with E-state index >= 15 is 0 Å². The molecule has 0 aromatic heterocycles. The van der Waals surface area contributed by atoms with Crippen LogP contribution >= 0.6 is 0 Å². The van der Waals surface area contributed by atoms with Crippen molar-refractivity contribution in [3.05, 3.63) is 52.6 Å². The van der Waals surface area contributed by atoms with Gasteiger partial charge in [0, 0.05) is 5.69 Å². The van der Waals surface area contributed by atoms with Gasteiger partial charge in [-0.15, -0.1) is 0 Å². The van der Waals surface area contributed by atoms with Crippen LogP contribution in [-0.2, 0) is 9.59 Å². The molecule has 2 atom stereocenters. The van der Waals surface area contributed by atoms with Crippen LogP contribution in [-0.4, -0.2) is 38.7 Å². The number of amides is 2. The number of quaternary nitrogens is 1. The highest BCUT2D eigenvalue weighted by atomic mass is 16.7. The molecular weight excluding hydrogens is 382 g/mol. The summed E-state index contributed by atoms with van der Waals surface area (Å²) in [4.78, 5) is 25.7. The number of carbonyl (C=O) groups excluding carboxylic acids is 2. The standard InChI is InChI=1S/C23H29N3O4/c1-14-8-15(2)23(16(3)9-14)25-22(28)12-26(5)11-21(27)24-17(4)18-6-7-19-20(10-18)30-13-29-19/h6-10,17H,11-13H2,1-5H3,(H,24,27)(H,25,28)/p+1/t17-/m0/s1. The lowest BCUT2D eigenvalue weighted by molar-refractivity contribution is -0.862. The van der Waals surface area contributed by atoms with E-state index in [0.717, 1.165) is 27.3 Å². The van der Waals surface area contributed by atoms with Gasteiger partial charge in [-0.25, -0.2) is 0 Å². The highest BCUT2D eigenvalue weighted by molar-refractivity contribution is 5.93. The van der Waals surface area contributed by atoms with Gasteiger partial charge in [0.25, 0.3) is 11.8 Å². The van der Waals surface area contributed by atoms with Crippen molar-refractivity contribution < 1.29 is 24.0 Å². The van der Waals surface area contributed by atoms with Crippen LogP contribution in [0.5, 0.6) is 11.5 Å². The largest absolute Gasteiger partial charge is 0.454 e. The number of nitrogens with one attached hydrogen (secondary N) is 3.